The zero-order valence-corrected chi connectivity index (χ0v) is 9.04. The zero-order valence-electron chi connectivity index (χ0n) is 9.04. The van der Waals surface area contributed by atoms with Gasteiger partial charge in [0.25, 0.3) is 0 Å². The van der Waals surface area contributed by atoms with Crippen molar-refractivity contribution < 1.29 is 19.8 Å². The second-order valence-corrected chi connectivity index (χ2v) is 4.11. The second-order valence-electron chi connectivity index (χ2n) is 4.11. The van der Waals surface area contributed by atoms with E-state index in [1.54, 1.807) is 13.8 Å². The predicted molar refractivity (Wildman–Crippen MR) is 53.7 cm³/mol. The Morgan fingerprint density at radius 2 is 1.40 bits per heavy atom. The molecule has 0 saturated carbocycles. The van der Waals surface area contributed by atoms with Gasteiger partial charge in [-0.05, 0) is 25.7 Å². The molecule has 5 heteroatoms. The Balaban J connectivity index is 2.97. The fourth-order valence-corrected chi connectivity index (χ4v) is 2.16. The molecule has 0 unspecified atom stereocenters. The second kappa shape index (κ2) is 3.81. The van der Waals surface area contributed by atoms with E-state index in [0.717, 1.165) is 0 Å². The minimum atomic E-state index is -1.06. The molecule has 0 aliphatic carbocycles. The van der Waals surface area contributed by atoms with Crippen molar-refractivity contribution in [3.8, 4) is 0 Å². The van der Waals surface area contributed by atoms with Crippen LogP contribution in [0.3, 0.4) is 0 Å². The summed E-state index contributed by atoms with van der Waals surface area (Å²) in [6.07, 6.45) is 1.55. The van der Waals surface area contributed by atoms with Gasteiger partial charge in [0.05, 0.1) is 0 Å². The highest BCUT2D eigenvalue weighted by atomic mass is 16.4. The molecule has 1 aliphatic rings. The third-order valence-corrected chi connectivity index (χ3v) is 3.48. The van der Waals surface area contributed by atoms with Crippen LogP contribution in [0.15, 0.2) is 0 Å². The first-order chi connectivity index (χ1) is 6.92. The highest BCUT2D eigenvalue weighted by Crippen LogP contribution is 2.35. The van der Waals surface area contributed by atoms with Crippen LogP contribution in [0.4, 0.5) is 0 Å². The van der Waals surface area contributed by atoms with Gasteiger partial charge in [-0.25, -0.2) is 0 Å². The van der Waals surface area contributed by atoms with Crippen molar-refractivity contribution >= 4 is 11.9 Å². The molecular formula is C10H17NO4. The van der Waals surface area contributed by atoms with Crippen molar-refractivity contribution in [1.29, 1.82) is 0 Å². The van der Waals surface area contributed by atoms with Crippen LogP contribution in [0, 0.1) is 0 Å². The van der Waals surface area contributed by atoms with Gasteiger partial charge in [-0.15, -0.1) is 0 Å². The predicted octanol–water partition coefficient (Wildman–Crippen LogP) is 0.837. The van der Waals surface area contributed by atoms with E-state index >= 15 is 0 Å². The van der Waals surface area contributed by atoms with Crippen LogP contribution in [-0.2, 0) is 9.59 Å². The molecule has 1 fully saturated rings. The molecule has 1 rings (SSSR count). The standard InChI is InChI=1S/C10H17NO4/c1-3-9(7(12)13)5-6-10(4-2,11-9)8(14)15/h11H,3-6H2,1-2H3,(H,12,13)(H,14,15)/t9-,10+. The molecule has 0 spiro atoms. The van der Waals surface area contributed by atoms with Gasteiger partial charge in [-0.2, -0.15) is 0 Å². The van der Waals surface area contributed by atoms with Gasteiger partial charge in [-0.1, -0.05) is 13.8 Å². The topological polar surface area (TPSA) is 86.6 Å². The molecule has 0 amide bonds. The number of rotatable bonds is 4. The van der Waals surface area contributed by atoms with E-state index in [4.69, 9.17) is 10.2 Å². The minimum Gasteiger partial charge on any atom is -0.480 e. The molecule has 5 nitrogen and oxygen atoms in total. The quantitative estimate of drug-likeness (QED) is 0.646. The smallest absolute Gasteiger partial charge is 0.323 e. The van der Waals surface area contributed by atoms with E-state index in [1.165, 1.54) is 0 Å². The number of hydrogen-bond acceptors (Lipinski definition) is 3. The van der Waals surface area contributed by atoms with Crippen molar-refractivity contribution in [3.05, 3.63) is 0 Å². The van der Waals surface area contributed by atoms with Crippen LogP contribution in [0.2, 0.25) is 0 Å². The van der Waals surface area contributed by atoms with Crippen LogP contribution < -0.4 is 5.32 Å². The first-order valence-electron chi connectivity index (χ1n) is 5.18. The third-order valence-electron chi connectivity index (χ3n) is 3.48. The van der Waals surface area contributed by atoms with Gasteiger partial charge in [0.15, 0.2) is 0 Å². The average molecular weight is 215 g/mol. The summed E-state index contributed by atoms with van der Waals surface area (Å²) in [4.78, 5) is 22.3. The van der Waals surface area contributed by atoms with Crippen molar-refractivity contribution in [2.24, 2.45) is 0 Å². The van der Waals surface area contributed by atoms with E-state index in [2.05, 4.69) is 5.32 Å². The Morgan fingerprint density at radius 1 is 1.07 bits per heavy atom. The Morgan fingerprint density at radius 3 is 1.53 bits per heavy atom. The SMILES string of the molecule is CC[C@]1(C(=O)O)CC[C@@](CC)(C(=O)O)N1. The normalized spacial score (nSPS) is 35.3. The monoisotopic (exact) mass is 215 g/mol. The first-order valence-corrected chi connectivity index (χ1v) is 5.18. The van der Waals surface area contributed by atoms with Crippen LogP contribution in [0.5, 0.6) is 0 Å². The van der Waals surface area contributed by atoms with Gasteiger partial charge in [-0.3, -0.25) is 14.9 Å². The number of aliphatic carboxylic acids is 2. The summed E-state index contributed by atoms with van der Waals surface area (Å²) in [6, 6.07) is 0. The summed E-state index contributed by atoms with van der Waals surface area (Å²) < 4.78 is 0. The van der Waals surface area contributed by atoms with E-state index in [9.17, 15) is 9.59 Å². The average Bonchev–Trinajstić information content (AvgIpc) is 2.59. The number of carboxylic acid groups (broad SMARTS) is 2. The number of hydrogen-bond donors (Lipinski definition) is 3. The van der Waals surface area contributed by atoms with Crippen molar-refractivity contribution in [2.45, 2.75) is 50.6 Å². The molecule has 1 saturated heterocycles. The maximum absolute atomic E-state index is 11.1. The lowest BCUT2D eigenvalue weighted by Gasteiger charge is -2.29. The minimum absolute atomic E-state index is 0.374. The molecular weight excluding hydrogens is 198 g/mol. The van der Waals surface area contributed by atoms with E-state index in [0.29, 0.717) is 25.7 Å². The lowest BCUT2D eigenvalue weighted by Crippen LogP contribution is -2.57. The van der Waals surface area contributed by atoms with Crippen LogP contribution in [0.25, 0.3) is 0 Å². The summed E-state index contributed by atoms with van der Waals surface area (Å²) in [5, 5.41) is 21.1. The largest absolute Gasteiger partial charge is 0.480 e. The fourth-order valence-electron chi connectivity index (χ4n) is 2.16. The number of carbonyl (C=O) groups is 2. The van der Waals surface area contributed by atoms with Crippen molar-refractivity contribution in [3.63, 3.8) is 0 Å². The number of carboxylic acids is 2. The number of nitrogens with one attached hydrogen (secondary N) is 1. The van der Waals surface area contributed by atoms with Gasteiger partial charge in [0.1, 0.15) is 11.1 Å². The molecule has 1 heterocycles. The summed E-state index contributed by atoms with van der Waals surface area (Å²) >= 11 is 0. The van der Waals surface area contributed by atoms with Crippen LogP contribution >= 0.6 is 0 Å². The Bertz CT molecular complexity index is 263. The maximum atomic E-state index is 11.1. The van der Waals surface area contributed by atoms with E-state index in [-0.39, 0.29) is 0 Å². The maximum Gasteiger partial charge on any atom is 0.323 e. The Hall–Kier alpha value is -1.10. The van der Waals surface area contributed by atoms with E-state index in [1.807, 2.05) is 0 Å². The van der Waals surface area contributed by atoms with Gasteiger partial charge >= 0.3 is 11.9 Å². The summed E-state index contributed by atoms with van der Waals surface area (Å²) in [5.41, 5.74) is -2.12. The molecule has 86 valence electrons. The Kier molecular flexibility index (Phi) is 3.04. The third kappa shape index (κ3) is 1.71. The summed E-state index contributed by atoms with van der Waals surface area (Å²) in [5.74, 6) is -1.91. The molecule has 3 N–H and O–H groups in total. The molecule has 1 aliphatic heterocycles. The molecule has 0 aromatic rings. The molecule has 0 radical (unpaired) electrons. The molecule has 0 bridgehead atoms. The summed E-state index contributed by atoms with van der Waals surface area (Å²) in [7, 11) is 0. The molecule has 2 atom stereocenters. The van der Waals surface area contributed by atoms with E-state index < -0.39 is 23.0 Å². The van der Waals surface area contributed by atoms with Crippen LogP contribution in [0.1, 0.15) is 39.5 Å². The molecule has 0 aromatic carbocycles. The summed E-state index contributed by atoms with van der Waals surface area (Å²) in [6.45, 7) is 3.52. The molecule has 0 aromatic heterocycles. The van der Waals surface area contributed by atoms with Crippen LogP contribution in [-0.4, -0.2) is 33.2 Å². The highest BCUT2D eigenvalue weighted by molar-refractivity contribution is 5.85. The molecule has 15 heavy (non-hydrogen) atoms. The van der Waals surface area contributed by atoms with Crippen molar-refractivity contribution in [2.75, 3.05) is 0 Å². The highest BCUT2D eigenvalue weighted by Gasteiger charge is 2.53. The zero-order chi connectivity index (χ0) is 11.7. The van der Waals surface area contributed by atoms with Gasteiger partial charge < -0.3 is 10.2 Å². The van der Waals surface area contributed by atoms with Gasteiger partial charge in [0.2, 0.25) is 0 Å². The lowest BCUT2D eigenvalue weighted by atomic mass is 9.93. The fraction of sp³-hybridized carbons (Fsp3) is 0.800. The first kappa shape index (κ1) is 12.0. The van der Waals surface area contributed by atoms with Gasteiger partial charge in [0, 0.05) is 0 Å². The van der Waals surface area contributed by atoms with Crippen molar-refractivity contribution in [1.82, 2.24) is 5.32 Å². The lowest BCUT2D eigenvalue weighted by molar-refractivity contribution is -0.147. The Labute approximate surface area is 88.5 Å².